The summed E-state index contributed by atoms with van der Waals surface area (Å²) >= 11 is 3.42. The first-order valence-corrected chi connectivity index (χ1v) is 4.59. The molecule has 0 spiro atoms. The average Bonchev–Trinajstić information content (AvgIpc) is 2.68. The summed E-state index contributed by atoms with van der Waals surface area (Å²) in [5.74, 6) is 5.06. The Labute approximate surface area is 78.6 Å². The molecule has 2 rings (SSSR count). The Hall–Kier alpha value is -0.390. The van der Waals surface area contributed by atoms with E-state index in [1.165, 1.54) is 0 Å². The van der Waals surface area contributed by atoms with Gasteiger partial charge in [0.05, 0.1) is 23.0 Å². The van der Waals surface area contributed by atoms with Gasteiger partial charge in [0.2, 0.25) is 0 Å². The van der Waals surface area contributed by atoms with Crippen LogP contribution in [-0.4, -0.2) is 16.8 Å². The zero-order valence-corrected chi connectivity index (χ0v) is 8.10. The van der Waals surface area contributed by atoms with Crippen LogP contribution in [0.4, 0.5) is 0 Å². The van der Waals surface area contributed by atoms with Crippen molar-refractivity contribution in [3.05, 3.63) is 16.4 Å². The second-order valence-corrected chi connectivity index (χ2v) is 4.04. The molecule has 0 amide bonds. The molecule has 66 valence electrons. The van der Waals surface area contributed by atoms with Crippen LogP contribution in [0.25, 0.3) is 0 Å². The van der Waals surface area contributed by atoms with Crippen molar-refractivity contribution in [1.29, 1.82) is 0 Å². The van der Waals surface area contributed by atoms with Crippen molar-refractivity contribution >= 4 is 15.9 Å². The Kier molecular flexibility index (Phi) is 1.94. The van der Waals surface area contributed by atoms with Gasteiger partial charge in [-0.15, -0.1) is 0 Å². The monoisotopic (exact) mass is 231 g/mol. The van der Waals surface area contributed by atoms with Gasteiger partial charge in [-0.1, -0.05) is 0 Å². The van der Waals surface area contributed by atoms with Crippen molar-refractivity contribution in [2.24, 2.45) is 5.90 Å². The Morgan fingerprint density at radius 1 is 1.75 bits per heavy atom. The number of nitrogens with one attached hydrogen (secondary N) is 1. The highest BCUT2D eigenvalue weighted by molar-refractivity contribution is 9.10. The molecule has 1 fully saturated rings. The predicted molar refractivity (Wildman–Crippen MR) is 47.3 cm³/mol. The molecule has 1 aliphatic rings. The Morgan fingerprint density at radius 2 is 2.50 bits per heavy atom. The van der Waals surface area contributed by atoms with Crippen LogP contribution in [0.15, 0.2) is 10.7 Å². The van der Waals surface area contributed by atoms with E-state index < -0.39 is 0 Å². The van der Waals surface area contributed by atoms with E-state index in [1.807, 2.05) is 0 Å². The van der Waals surface area contributed by atoms with Crippen LogP contribution in [0.5, 0.6) is 0 Å². The first kappa shape index (κ1) is 8.22. The maximum absolute atomic E-state index is 5.06. The Bertz CT molecular complexity index is 282. The molecule has 5 heteroatoms. The number of rotatable bonds is 3. The standard InChI is InChI=1S/C7H10BrN3O/c8-5-3-10-11-6(5)7(1-2-7)4-12-9/h3H,1-2,4,9H2,(H,10,11). The molecule has 0 aliphatic heterocycles. The number of hydrogen-bond donors (Lipinski definition) is 2. The topological polar surface area (TPSA) is 63.9 Å². The molecule has 0 atom stereocenters. The summed E-state index contributed by atoms with van der Waals surface area (Å²) in [5, 5.41) is 6.90. The molecule has 0 radical (unpaired) electrons. The van der Waals surface area contributed by atoms with E-state index >= 15 is 0 Å². The summed E-state index contributed by atoms with van der Waals surface area (Å²) in [6.07, 6.45) is 3.99. The molecule has 0 aromatic carbocycles. The summed E-state index contributed by atoms with van der Waals surface area (Å²) in [6, 6.07) is 0. The van der Waals surface area contributed by atoms with Crippen molar-refractivity contribution in [2.45, 2.75) is 18.3 Å². The van der Waals surface area contributed by atoms with Gasteiger partial charge in [-0.3, -0.25) is 5.10 Å². The second-order valence-electron chi connectivity index (χ2n) is 3.18. The molecule has 12 heavy (non-hydrogen) atoms. The summed E-state index contributed by atoms with van der Waals surface area (Å²) < 4.78 is 1.01. The quantitative estimate of drug-likeness (QED) is 0.767. The molecule has 1 aromatic rings. The van der Waals surface area contributed by atoms with E-state index in [1.54, 1.807) is 6.20 Å². The first-order chi connectivity index (χ1) is 5.78. The third kappa shape index (κ3) is 1.18. The minimum absolute atomic E-state index is 0.101. The van der Waals surface area contributed by atoms with Crippen LogP contribution in [0.1, 0.15) is 18.5 Å². The van der Waals surface area contributed by atoms with Gasteiger partial charge in [-0.05, 0) is 28.8 Å². The fourth-order valence-electron chi connectivity index (χ4n) is 1.42. The number of nitrogens with zero attached hydrogens (tertiary/aromatic N) is 1. The molecule has 3 N–H and O–H groups in total. The van der Waals surface area contributed by atoms with E-state index in [4.69, 9.17) is 5.90 Å². The highest BCUT2D eigenvalue weighted by Crippen LogP contribution is 2.49. The Balaban J connectivity index is 2.24. The van der Waals surface area contributed by atoms with Crippen LogP contribution in [0, 0.1) is 0 Å². The van der Waals surface area contributed by atoms with Gasteiger partial charge >= 0.3 is 0 Å². The molecule has 0 unspecified atom stereocenters. The minimum Gasteiger partial charge on any atom is -0.304 e. The Morgan fingerprint density at radius 3 is 2.92 bits per heavy atom. The molecule has 1 aromatic heterocycles. The van der Waals surface area contributed by atoms with E-state index in [-0.39, 0.29) is 5.41 Å². The molecule has 0 bridgehead atoms. The molecule has 4 nitrogen and oxygen atoms in total. The third-order valence-corrected chi connectivity index (χ3v) is 2.94. The van der Waals surface area contributed by atoms with Gasteiger partial charge in [0.1, 0.15) is 0 Å². The number of aromatic nitrogens is 2. The molecule has 1 aliphatic carbocycles. The van der Waals surface area contributed by atoms with Gasteiger partial charge in [-0.2, -0.15) is 5.10 Å². The maximum atomic E-state index is 5.06. The first-order valence-electron chi connectivity index (χ1n) is 3.79. The smallest absolute Gasteiger partial charge is 0.0791 e. The minimum atomic E-state index is 0.101. The fourth-order valence-corrected chi connectivity index (χ4v) is 2.03. The third-order valence-electron chi connectivity index (χ3n) is 2.34. The number of hydrogen-bond acceptors (Lipinski definition) is 3. The average molecular weight is 232 g/mol. The lowest BCUT2D eigenvalue weighted by atomic mass is 10.1. The summed E-state index contributed by atoms with van der Waals surface area (Å²) in [5.41, 5.74) is 1.21. The second kappa shape index (κ2) is 2.83. The van der Waals surface area contributed by atoms with E-state index in [0.717, 1.165) is 23.0 Å². The molecule has 1 heterocycles. The molecule has 1 saturated carbocycles. The molecular formula is C7H10BrN3O. The lowest BCUT2D eigenvalue weighted by Gasteiger charge is -2.10. The van der Waals surface area contributed by atoms with Crippen LogP contribution in [-0.2, 0) is 10.3 Å². The van der Waals surface area contributed by atoms with Crippen molar-refractivity contribution in [1.82, 2.24) is 10.2 Å². The lowest BCUT2D eigenvalue weighted by Crippen LogP contribution is -2.18. The van der Waals surface area contributed by atoms with Crippen molar-refractivity contribution < 1.29 is 4.84 Å². The van der Waals surface area contributed by atoms with Crippen molar-refractivity contribution in [2.75, 3.05) is 6.61 Å². The van der Waals surface area contributed by atoms with E-state index in [2.05, 4.69) is 31.0 Å². The lowest BCUT2D eigenvalue weighted by molar-refractivity contribution is 0.115. The molecule has 0 saturated heterocycles. The number of halogens is 1. The zero-order chi connectivity index (χ0) is 8.60. The zero-order valence-electron chi connectivity index (χ0n) is 6.51. The van der Waals surface area contributed by atoms with Gasteiger partial charge in [0.15, 0.2) is 0 Å². The van der Waals surface area contributed by atoms with Gasteiger partial charge in [0, 0.05) is 5.41 Å². The number of aromatic amines is 1. The van der Waals surface area contributed by atoms with E-state index in [9.17, 15) is 0 Å². The van der Waals surface area contributed by atoms with Crippen LogP contribution < -0.4 is 5.90 Å². The fraction of sp³-hybridized carbons (Fsp3) is 0.571. The number of H-pyrrole nitrogens is 1. The predicted octanol–water partition coefficient (Wildman–Crippen LogP) is 1.09. The van der Waals surface area contributed by atoms with Crippen LogP contribution >= 0.6 is 15.9 Å². The van der Waals surface area contributed by atoms with Gasteiger partial charge in [-0.25, -0.2) is 5.90 Å². The van der Waals surface area contributed by atoms with Crippen LogP contribution in [0.2, 0.25) is 0 Å². The SMILES string of the molecule is NOCC1(c2[nH]ncc2Br)CC1. The highest BCUT2D eigenvalue weighted by Gasteiger charge is 2.47. The largest absolute Gasteiger partial charge is 0.304 e. The van der Waals surface area contributed by atoms with Gasteiger partial charge in [0.25, 0.3) is 0 Å². The van der Waals surface area contributed by atoms with Gasteiger partial charge < -0.3 is 4.84 Å². The van der Waals surface area contributed by atoms with Crippen molar-refractivity contribution in [3.8, 4) is 0 Å². The number of nitrogens with two attached hydrogens (primary N) is 1. The van der Waals surface area contributed by atoms with E-state index in [0.29, 0.717) is 6.61 Å². The highest BCUT2D eigenvalue weighted by atomic mass is 79.9. The summed E-state index contributed by atoms with van der Waals surface area (Å²) in [4.78, 5) is 4.68. The van der Waals surface area contributed by atoms with Crippen LogP contribution in [0.3, 0.4) is 0 Å². The normalized spacial score (nSPS) is 19.5. The van der Waals surface area contributed by atoms with Crippen molar-refractivity contribution in [3.63, 3.8) is 0 Å². The summed E-state index contributed by atoms with van der Waals surface area (Å²) in [6.45, 7) is 0.563. The molecular weight excluding hydrogens is 222 g/mol. The maximum Gasteiger partial charge on any atom is 0.0791 e. The summed E-state index contributed by atoms with van der Waals surface area (Å²) in [7, 11) is 0.